The van der Waals surface area contributed by atoms with E-state index in [1.165, 1.54) is 30.4 Å². The summed E-state index contributed by atoms with van der Waals surface area (Å²) in [4.78, 5) is 22.5. The maximum absolute atomic E-state index is 12.8. The molecule has 4 rings (SSSR count). The van der Waals surface area contributed by atoms with E-state index < -0.39 is 0 Å². The number of hydrogen-bond acceptors (Lipinski definition) is 6. The normalized spacial score (nSPS) is 13.6. The minimum Gasteiger partial charge on any atom is -0.493 e. The Kier molecular flexibility index (Phi) is 4.82. The molecule has 0 unspecified atom stereocenters. The number of aromatic nitrogens is 2. The van der Waals surface area contributed by atoms with E-state index in [0.717, 1.165) is 35.0 Å². The molecule has 138 valence electrons. The summed E-state index contributed by atoms with van der Waals surface area (Å²) in [6.07, 6.45) is 5.50. The van der Waals surface area contributed by atoms with E-state index in [1.54, 1.807) is 29.5 Å². The number of nitrogens with one attached hydrogen (secondary N) is 1. The van der Waals surface area contributed by atoms with E-state index in [9.17, 15) is 4.79 Å². The van der Waals surface area contributed by atoms with Gasteiger partial charge in [0.2, 0.25) is 0 Å². The molecule has 0 saturated heterocycles. The maximum Gasteiger partial charge on any atom is 0.260 e. The van der Waals surface area contributed by atoms with E-state index in [-0.39, 0.29) is 12.2 Å². The molecule has 0 amide bonds. The van der Waals surface area contributed by atoms with Crippen molar-refractivity contribution in [2.24, 2.45) is 0 Å². The second-order valence-corrected chi connectivity index (χ2v) is 7.56. The van der Waals surface area contributed by atoms with Crippen molar-refractivity contribution in [3.8, 4) is 29.0 Å². The molecule has 0 atom stereocenters. The zero-order valence-corrected chi connectivity index (χ0v) is 15.8. The molecule has 1 aliphatic carbocycles. The number of nitriles is 1. The van der Waals surface area contributed by atoms with E-state index in [2.05, 4.69) is 4.98 Å². The molecule has 2 heterocycles. The van der Waals surface area contributed by atoms with E-state index >= 15 is 0 Å². The van der Waals surface area contributed by atoms with Gasteiger partial charge in [0.25, 0.3) is 5.56 Å². The Labute approximate surface area is 160 Å². The van der Waals surface area contributed by atoms with Crippen molar-refractivity contribution in [1.29, 1.82) is 5.26 Å². The number of nitrogens with zero attached hydrogens (tertiary/aromatic N) is 2. The smallest absolute Gasteiger partial charge is 0.260 e. The molecular weight excluding hydrogens is 362 g/mol. The van der Waals surface area contributed by atoms with E-state index in [4.69, 9.17) is 19.7 Å². The van der Waals surface area contributed by atoms with Crippen molar-refractivity contribution < 1.29 is 9.47 Å². The van der Waals surface area contributed by atoms with Gasteiger partial charge in [0.1, 0.15) is 16.7 Å². The molecule has 3 aromatic rings. The van der Waals surface area contributed by atoms with Crippen molar-refractivity contribution >= 4 is 21.6 Å². The van der Waals surface area contributed by atoms with Gasteiger partial charge in [-0.3, -0.25) is 4.79 Å². The van der Waals surface area contributed by atoms with Crippen LogP contribution in [0, 0.1) is 11.3 Å². The van der Waals surface area contributed by atoms with Crippen LogP contribution in [-0.2, 0) is 12.8 Å². The van der Waals surface area contributed by atoms with Crippen LogP contribution in [0.4, 0.5) is 0 Å². The van der Waals surface area contributed by atoms with Crippen molar-refractivity contribution in [3.05, 3.63) is 39.0 Å². The largest absolute Gasteiger partial charge is 0.493 e. The number of thiophene rings is 1. The number of fused-ring (bicyclic) bond motifs is 3. The molecular formula is C20H19N3O3S. The molecule has 0 bridgehead atoms. The van der Waals surface area contributed by atoms with E-state index in [1.807, 2.05) is 6.07 Å². The second kappa shape index (κ2) is 7.41. The van der Waals surface area contributed by atoms with Crippen molar-refractivity contribution in [1.82, 2.24) is 9.97 Å². The lowest BCUT2D eigenvalue weighted by atomic mass is 10.1. The van der Waals surface area contributed by atoms with Crippen LogP contribution >= 0.6 is 11.3 Å². The highest BCUT2D eigenvalue weighted by molar-refractivity contribution is 7.18. The van der Waals surface area contributed by atoms with Gasteiger partial charge in [-0.2, -0.15) is 5.26 Å². The van der Waals surface area contributed by atoms with Gasteiger partial charge >= 0.3 is 0 Å². The first kappa shape index (κ1) is 17.6. The van der Waals surface area contributed by atoms with Gasteiger partial charge in [-0.15, -0.1) is 11.3 Å². The molecule has 2 aromatic heterocycles. The van der Waals surface area contributed by atoms with Crippen LogP contribution in [0.5, 0.6) is 11.5 Å². The number of H-pyrrole nitrogens is 1. The van der Waals surface area contributed by atoms with Crippen LogP contribution < -0.4 is 15.0 Å². The van der Waals surface area contributed by atoms with Gasteiger partial charge in [0.15, 0.2) is 18.1 Å². The number of benzene rings is 1. The molecule has 1 N–H and O–H groups in total. The quantitative estimate of drug-likeness (QED) is 0.694. The Bertz CT molecular complexity index is 1090. The Morgan fingerprint density at radius 1 is 1.26 bits per heavy atom. The highest BCUT2D eigenvalue weighted by Crippen LogP contribution is 2.35. The second-order valence-electron chi connectivity index (χ2n) is 6.47. The highest BCUT2D eigenvalue weighted by atomic mass is 32.1. The summed E-state index contributed by atoms with van der Waals surface area (Å²) in [6.45, 7) is -0.0580. The number of methoxy groups -OCH3 is 1. The molecule has 0 fully saturated rings. The number of hydrogen-bond donors (Lipinski definition) is 1. The minimum atomic E-state index is -0.0850. The number of ether oxygens (including phenoxy) is 2. The predicted molar refractivity (Wildman–Crippen MR) is 105 cm³/mol. The lowest BCUT2D eigenvalue weighted by Gasteiger charge is -2.10. The molecule has 1 aliphatic rings. The Balaban J connectivity index is 1.78. The summed E-state index contributed by atoms with van der Waals surface area (Å²) in [5.74, 6) is 1.48. The average Bonchev–Trinajstić information content (AvgIpc) is 2.88. The summed E-state index contributed by atoms with van der Waals surface area (Å²) in [5.41, 5.74) is 1.84. The third kappa shape index (κ3) is 3.28. The van der Waals surface area contributed by atoms with Gasteiger partial charge in [0.05, 0.1) is 12.5 Å². The summed E-state index contributed by atoms with van der Waals surface area (Å²) >= 11 is 1.64. The molecule has 0 saturated carbocycles. The number of rotatable bonds is 4. The first-order valence-corrected chi connectivity index (χ1v) is 9.75. The van der Waals surface area contributed by atoms with Gasteiger partial charge in [-0.1, -0.05) is 6.42 Å². The summed E-state index contributed by atoms with van der Waals surface area (Å²) in [6, 6.07) is 7.22. The van der Waals surface area contributed by atoms with Crippen molar-refractivity contribution in [2.45, 2.75) is 32.1 Å². The number of aryl methyl sites for hydroxylation is 2. The van der Waals surface area contributed by atoms with Crippen molar-refractivity contribution in [3.63, 3.8) is 0 Å². The van der Waals surface area contributed by atoms with Gasteiger partial charge in [0, 0.05) is 10.4 Å². The first-order chi connectivity index (χ1) is 13.2. The molecule has 27 heavy (non-hydrogen) atoms. The van der Waals surface area contributed by atoms with Crippen molar-refractivity contribution in [2.75, 3.05) is 13.7 Å². The minimum absolute atomic E-state index is 0.0580. The highest BCUT2D eigenvalue weighted by Gasteiger charge is 2.19. The molecule has 1 aromatic carbocycles. The molecule has 7 heteroatoms. The molecule has 6 nitrogen and oxygen atoms in total. The Morgan fingerprint density at radius 2 is 2.11 bits per heavy atom. The zero-order chi connectivity index (χ0) is 18.8. The molecule has 0 aliphatic heterocycles. The third-order valence-electron chi connectivity index (χ3n) is 4.80. The van der Waals surface area contributed by atoms with Crippen LogP contribution in [-0.4, -0.2) is 23.7 Å². The zero-order valence-electron chi connectivity index (χ0n) is 15.0. The van der Waals surface area contributed by atoms with Crippen LogP contribution in [0.3, 0.4) is 0 Å². The van der Waals surface area contributed by atoms with E-state index in [0.29, 0.717) is 17.3 Å². The molecule has 0 radical (unpaired) electrons. The first-order valence-electron chi connectivity index (χ1n) is 8.94. The topological polar surface area (TPSA) is 88.0 Å². The van der Waals surface area contributed by atoms with Crippen LogP contribution in [0.25, 0.3) is 21.6 Å². The maximum atomic E-state index is 12.8. The monoisotopic (exact) mass is 381 g/mol. The fourth-order valence-electron chi connectivity index (χ4n) is 3.52. The lowest BCUT2D eigenvalue weighted by Crippen LogP contribution is -2.10. The standard InChI is InChI=1S/C20H19N3O3S/c1-25-15-11-12(7-8-14(15)26-10-9-21)18-22-19(24)17-13-5-3-2-4-6-16(13)27-20(17)23-18/h7-8,11H,2-6,10H2,1H3,(H,22,23,24). The van der Waals surface area contributed by atoms with Gasteiger partial charge in [-0.05, 0) is 49.4 Å². The van der Waals surface area contributed by atoms with Crippen LogP contribution in [0.15, 0.2) is 23.0 Å². The summed E-state index contributed by atoms with van der Waals surface area (Å²) < 4.78 is 10.7. The Morgan fingerprint density at radius 3 is 2.93 bits per heavy atom. The lowest BCUT2D eigenvalue weighted by molar-refractivity contribution is 0.330. The van der Waals surface area contributed by atoms with Crippen LogP contribution in [0.2, 0.25) is 0 Å². The SMILES string of the molecule is COc1cc(-c2nc3sc4c(c3c(=O)[nH]2)CCCCC4)ccc1OCC#N. The predicted octanol–water partition coefficient (Wildman–Crippen LogP) is 3.83. The van der Waals surface area contributed by atoms with Crippen LogP contribution in [0.1, 0.15) is 29.7 Å². The molecule has 0 spiro atoms. The van der Waals surface area contributed by atoms with Gasteiger partial charge in [-0.25, -0.2) is 4.98 Å². The third-order valence-corrected chi connectivity index (χ3v) is 5.99. The summed E-state index contributed by atoms with van der Waals surface area (Å²) in [7, 11) is 1.54. The summed E-state index contributed by atoms with van der Waals surface area (Å²) in [5, 5.41) is 9.43. The fraction of sp³-hybridized carbons (Fsp3) is 0.350. The Hall–Kier alpha value is -2.85. The average molecular weight is 381 g/mol. The van der Waals surface area contributed by atoms with Gasteiger partial charge < -0.3 is 14.5 Å². The fourth-order valence-corrected chi connectivity index (χ4v) is 4.78. The number of aromatic amines is 1.